The fourth-order valence-electron chi connectivity index (χ4n) is 1.36. The predicted molar refractivity (Wildman–Crippen MR) is 68.4 cm³/mol. The molecule has 2 N–H and O–H groups in total. The summed E-state index contributed by atoms with van der Waals surface area (Å²) in [7, 11) is 0. The highest BCUT2D eigenvalue weighted by molar-refractivity contribution is 6.32. The highest BCUT2D eigenvalue weighted by atomic mass is 35.5. The van der Waals surface area contributed by atoms with Crippen molar-refractivity contribution in [3.8, 4) is 11.6 Å². The van der Waals surface area contributed by atoms with E-state index in [0.29, 0.717) is 16.7 Å². The zero-order valence-electron chi connectivity index (χ0n) is 9.43. The normalized spacial score (nSPS) is 12.2. The third-order valence-corrected chi connectivity index (χ3v) is 2.65. The zero-order valence-corrected chi connectivity index (χ0v) is 10.2. The van der Waals surface area contributed by atoms with Crippen molar-refractivity contribution in [2.75, 3.05) is 0 Å². The van der Waals surface area contributed by atoms with E-state index in [9.17, 15) is 0 Å². The van der Waals surface area contributed by atoms with Crippen LogP contribution >= 0.6 is 11.6 Å². The van der Waals surface area contributed by atoms with Crippen LogP contribution in [0.25, 0.3) is 0 Å². The Morgan fingerprint density at radius 1 is 1.24 bits per heavy atom. The van der Waals surface area contributed by atoms with Gasteiger partial charge in [0.1, 0.15) is 5.75 Å². The maximum atomic E-state index is 5.98. The molecule has 4 heteroatoms. The van der Waals surface area contributed by atoms with E-state index < -0.39 is 0 Å². The quantitative estimate of drug-likeness (QED) is 0.904. The second kappa shape index (κ2) is 5.17. The first kappa shape index (κ1) is 11.9. The second-order valence-corrected chi connectivity index (χ2v) is 4.16. The Morgan fingerprint density at radius 3 is 2.59 bits per heavy atom. The van der Waals surface area contributed by atoms with Gasteiger partial charge in [0.25, 0.3) is 0 Å². The Labute approximate surface area is 105 Å². The molecule has 88 valence electrons. The fraction of sp³-hybridized carbons (Fsp3) is 0.154. The lowest BCUT2D eigenvalue weighted by Gasteiger charge is -2.08. The minimum absolute atomic E-state index is 0.0307. The monoisotopic (exact) mass is 248 g/mol. The number of aromatic nitrogens is 1. The molecule has 1 unspecified atom stereocenters. The van der Waals surface area contributed by atoms with Gasteiger partial charge in [-0.2, -0.15) is 0 Å². The number of hydrogen-bond donors (Lipinski definition) is 1. The zero-order chi connectivity index (χ0) is 12.3. The Balaban J connectivity index is 2.17. The second-order valence-electron chi connectivity index (χ2n) is 3.75. The number of ether oxygens (including phenoxy) is 1. The number of rotatable bonds is 3. The number of halogens is 1. The van der Waals surface area contributed by atoms with Crippen LogP contribution in [0.5, 0.6) is 11.6 Å². The summed E-state index contributed by atoms with van der Waals surface area (Å²) in [4.78, 5) is 4.18. The van der Waals surface area contributed by atoms with E-state index in [2.05, 4.69) is 4.98 Å². The van der Waals surface area contributed by atoms with Gasteiger partial charge >= 0.3 is 0 Å². The summed E-state index contributed by atoms with van der Waals surface area (Å²) in [5.41, 5.74) is 6.71. The summed E-state index contributed by atoms with van der Waals surface area (Å²) in [6, 6.07) is 10.9. The molecule has 0 aliphatic rings. The van der Waals surface area contributed by atoms with Gasteiger partial charge in [-0.25, -0.2) is 4.98 Å². The Kier molecular flexibility index (Phi) is 3.61. The Bertz CT molecular complexity index is 497. The molecular formula is C13H13ClN2O. The molecule has 0 saturated carbocycles. The first-order valence-electron chi connectivity index (χ1n) is 5.31. The summed E-state index contributed by atoms with van der Waals surface area (Å²) in [6.07, 6.45) is 1.71. The summed E-state index contributed by atoms with van der Waals surface area (Å²) < 4.78 is 5.56. The average Bonchev–Trinajstić information content (AvgIpc) is 2.33. The molecule has 2 rings (SSSR count). The van der Waals surface area contributed by atoms with Gasteiger partial charge in [-0.15, -0.1) is 0 Å². The molecule has 0 aliphatic carbocycles. The first-order chi connectivity index (χ1) is 8.16. The standard InChI is InChI=1S/C13H13ClN2O/c1-9(15)10-6-7-13(16-8-10)17-12-5-3-2-4-11(12)14/h2-9H,15H2,1H3. The topological polar surface area (TPSA) is 48.1 Å². The Hall–Kier alpha value is -1.58. The number of benzene rings is 1. The van der Waals surface area contributed by atoms with Gasteiger partial charge in [-0.05, 0) is 24.6 Å². The highest BCUT2D eigenvalue weighted by Crippen LogP contribution is 2.27. The number of nitrogens with zero attached hydrogens (tertiary/aromatic N) is 1. The van der Waals surface area contributed by atoms with E-state index in [-0.39, 0.29) is 6.04 Å². The van der Waals surface area contributed by atoms with Crippen LogP contribution in [0, 0.1) is 0 Å². The van der Waals surface area contributed by atoms with Crippen LogP contribution < -0.4 is 10.5 Å². The van der Waals surface area contributed by atoms with Crippen LogP contribution in [0.3, 0.4) is 0 Å². The number of hydrogen-bond acceptors (Lipinski definition) is 3. The number of para-hydroxylation sites is 1. The molecule has 1 atom stereocenters. The lowest BCUT2D eigenvalue weighted by molar-refractivity contribution is 0.462. The van der Waals surface area contributed by atoms with Crippen molar-refractivity contribution in [1.82, 2.24) is 4.98 Å². The average molecular weight is 249 g/mol. The van der Waals surface area contributed by atoms with E-state index in [1.807, 2.05) is 25.1 Å². The number of pyridine rings is 1. The lowest BCUT2D eigenvalue weighted by Crippen LogP contribution is -2.05. The van der Waals surface area contributed by atoms with Crippen molar-refractivity contribution >= 4 is 11.6 Å². The van der Waals surface area contributed by atoms with Crippen molar-refractivity contribution in [3.63, 3.8) is 0 Å². The molecule has 0 aliphatic heterocycles. The van der Waals surface area contributed by atoms with E-state index in [1.54, 1.807) is 24.4 Å². The van der Waals surface area contributed by atoms with Crippen LogP contribution in [0.2, 0.25) is 5.02 Å². The van der Waals surface area contributed by atoms with Gasteiger partial charge in [-0.3, -0.25) is 0 Å². The van der Waals surface area contributed by atoms with Crippen molar-refractivity contribution in [2.24, 2.45) is 5.73 Å². The molecular weight excluding hydrogens is 236 g/mol. The van der Waals surface area contributed by atoms with E-state index in [0.717, 1.165) is 5.56 Å². The lowest BCUT2D eigenvalue weighted by atomic mass is 10.2. The maximum Gasteiger partial charge on any atom is 0.219 e. The molecule has 1 aromatic carbocycles. The summed E-state index contributed by atoms with van der Waals surface area (Å²) in [6.45, 7) is 1.91. The summed E-state index contributed by atoms with van der Waals surface area (Å²) in [5.74, 6) is 1.10. The molecule has 0 saturated heterocycles. The molecule has 17 heavy (non-hydrogen) atoms. The molecule has 0 spiro atoms. The smallest absolute Gasteiger partial charge is 0.219 e. The molecule has 2 aromatic rings. The van der Waals surface area contributed by atoms with Gasteiger partial charge < -0.3 is 10.5 Å². The largest absolute Gasteiger partial charge is 0.437 e. The minimum atomic E-state index is -0.0307. The van der Waals surface area contributed by atoms with Crippen LogP contribution in [0.1, 0.15) is 18.5 Å². The van der Waals surface area contributed by atoms with Gasteiger partial charge in [-0.1, -0.05) is 29.8 Å². The third kappa shape index (κ3) is 2.96. The van der Waals surface area contributed by atoms with Gasteiger partial charge in [0.15, 0.2) is 0 Å². The van der Waals surface area contributed by atoms with Crippen molar-refractivity contribution < 1.29 is 4.74 Å². The van der Waals surface area contributed by atoms with Gasteiger partial charge in [0, 0.05) is 18.3 Å². The maximum absolute atomic E-state index is 5.98. The molecule has 0 radical (unpaired) electrons. The van der Waals surface area contributed by atoms with E-state index in [4.69, 9.17) is 22.1 Å². The van der Waals surface area contributed by atoms with E-state index in [1.165, 1.54) is 0 Å². The minimum Gasteiger partial charge on any atom is -0.437 e. The molecule has 0 amide bonds. The summed E-state index contributed by atoms with van der Waals surface area (Å²) in [5, 5.41) is 0.561. The fourth-order valence-corrected chi connectivity index (χ4v) is 1.54. The van der Waals surface area contributed by atoms with Crippen LogP contribution in [-0.4, -0.2) is 4.98 Å². The van der Waals surface area contributed by atoms with Crippen molar-refractivity contribution in [3.05, 3.63) is 53.2 Å². The number of nitrogens with two attached hydrogens (primary N) is 1. The van der Waals surface area contributed by atoms with Gasteiger partial charge in [0.2, 0.25) is 5.88 Å². The predicted octanol–water partition coefficient (Wildman–Crippen LogP) is 3.55. The third-order valence-electron chi connectivity index (χ3n) is 2.34. The van der Waals surface area contributed by atoms with E-state index >= 15 is 0 Å². The van der Waals surface area contributed by atoms with Crippen molar-refractivity contribution in [2.45, 2.75) is 13.0 Å². The van der Waals surface area contributed by atoms with Crippen molar-refractivity contribution in [1.29, 1.82) is 0 Å². The Morgan fingerprint density at radius 2 is 2.00 bits per heavy atom. The molecule has 0 bridgehead atoms. The molecule has 1 aromatic heterocycles. The van der Waals surface area contributed by atoms with Crippen LogP contribution in [-0.2, 0) is 0 Å². The molecule has 1 heterocycles. The highest BCUT2D eigenvalue weighted by Gasteiger charge is 2.04. The SMILES string of the molecule is CC(N)c1ccc(Oc2ccccc2Cl)nc1. The first-order valence-corrected chi connectivity index (χ1v) is 5.68. The van der Waals surface area contributed by atoms with Crippen LogP contribution in [0.4, 0.5) is 0 Å². The molecule has 0 fully saturated rings. The molecule has 3 nitrogen and oxygen atoms in total. The van der Waals surface area contributed by atoms with Gasteiger partial charge in [0.05, 0.1) is 5.02 Å². The summed E-state index contributed by atoms with van der Waals surface area (Å²) >= 11 is 5.98. The van der Waals surface area contributed by atoms with Crippen LogP contribution in [0.15, 0.2) is 42.6 Å².